The number of nitrogens with one attached hydrogen (secondary N) is 1. The van der Waals surface area contributed by atoms with E-state index in [4.69, 9.17) is 0 Å². The fourth-order valence-electron chi connectivity index (χ4n) is 2.80. The number of imidazole rings is 1. The number of hydrogen-bond acceptors (Lipinski definition) is 2. The van der Waals surface area contributed by atoms with Gasteiger partial charge in [-0.2, -0.15) is 0 Å². The van der Waals surface area contributed by atoms with E-state index in [1.54, 1.807) is 9.13 Å². The van der Waals surface area contributed by atoms with Crippen LogP contribution in [0.4, 0.5) is 0 Å². The minimum absolute atomic E-state index is 0.0175. The van der Waals surface area contributed by atoms with E-state index in [-0.39, 0.29) is 17.1 Å². The first-order valence-corrected chi connectivity index (χ1v) is 6.60. The minimum atomic E-state index is 0.0175. The van der Waals surface area contributed by atoms with E-state index in [2.05, 4.69) is 38.2 Å². The van der Waals surface area contributed by atoms with Crippen LogP contribution in [0, 0.1) is 5.41 Å². The molecule has 0 spiro atoms. The second-order valence-electron chi connectivity index (χ2n) is 6.24. The third-order valence-electron chi connectivity index (χ3n) is 3.78. The topological polar surface area (TPSA) is 39.0 Å². The van der Waals surface area contributed by atoms with E-state index in [0.717, 1.165) is 11.0 Å². The van der Waals surface area contributed by atoms with Crippen molar-refractivity contribution in [2.75, 3.05) is 7.05 Å². The van der Waals surface area contributed by atoms with Crippen LogP contribution in [0.2, 0.25) is 0 Å². The van der Waals surface area contributed by atoms with Gasteiger partial charge in [-0.15, -0.1) is 0 Å². The predicted molar refractivity (Wildman–Crippen MR) is 79.4 cm³/mol. The fraction of sp³-hybridized carbons (Fsp3) is 0.533. The van der Waals surface area contributed by atoms with Gasteiger partial charge in [-0.05, 0) is 30.2 Å². The molecule has 0 aliphatic carbocycles. The van der Waals surface area contributed by atoms with E-state index >= 15 is 0 Å². The van der Waals surface area contributed by atoms with Crippen molar-refractivity contribution in [3.05, 3.63) is 34.2 Å². The molecule has 0 saturated heterocycles. The minimum Gasteiger partial charge on any atom is -0.313 e. The standard InChI is InChI=1S/C15H23N3O/c1-15(2,3)13(16-4)10-7-8-11-12(9-10)18(6)14(19)17(11)5/h7-9,13,16H,1-6H3. The number of benzene rings is 1. The first-order chi connectivity index (χ1) is 8.77. The van der Waals surface area contributed by atoms with Crippen LogP contribution in [0.25, 0.3) is 11.0 Å². The fourth-order valence-corrected chi connectivity index (χ4v) is 2.80. The van der Waals surface area contributed by atoms with Gasteiger partial charge in [0.1, 0.15) is 0 Å². The van der Waals surface area contributed by atoms with E-state index < -0.39 is 0 Å². The molecule has 2 rings (SSSR count). The Morgan fingerprint density at radius 2 is 1.68 bits per heavy atom. The van der Waals surface area contributed by atoms with E-state index in [1.807, 2.05) is 27.2 Å². The molecule has 1 heterocycles. The molecule has 104 valence electrons. The Hall–Kier alpha value is -1.55. The molecule has 0 bridgehead atoms. The Kier molecular flexibility index (Phi) is 3.31. The average Bonchev–Trinajstić information content (AvgIpc) is 2.54. The van der Waals surface area contributed by atoms with Crippen molar-refractivity contribution < 1.29 is 0 Å². The summed E-state index contributed by atoms with van der Waals surface area (Å²) in [5.41, 5.74) is 3.30. The highest BCUT2D eigenvalue weighted by Gasteiger charge is 2.25. The van der Waals surface area contributed by atoms with Crippen LogP contribution in [0.3, 0.4) is 0 Å². The first kappa shape index (κ1) is 13.9. The van der Waals surface area contributed by atoms with E-state index in [0.29, 0.717) is 0 Å². The van der Waals surface area contributed by atoms with Gasteiger partial charge in [-0.3, -0.25) is 9.13 Å². The van der Waals surface area contributed by atoms with Crippen LogP contribution < -0.4 is 11.0 Å². The summed E-state index contributed by atoms with van der Waals surface area (Å²) in [7, 11) is 5.60. The number of aryl methyl sites for hydroxylation is 2. The molecule has 0 fully saturated rings. The third-order valence-corrected chi connectivity index (χ3v) is 3.78. The quantitative estimate of drug-likeness (QED) is 0.900. The maximum Gasteiger partial charge on any atom is 0.328 e. The van der Waals surface area contributed by atoms with E-state index in [9.17, 15) is 4.79 Å². The Morgan fingerprint density at radius 3 is 2.21 bits per heavy atom. The summed E-state index contributed by atoms with van der Waals surface area (Å²) in [4.78, 5) is 11.9. The molecule has 4 heteroatoms. The van der Waals surface area contributed by atoms with Crippen LogP contribution >= 0.6 is 0 Å². The SMILES string of the molecule is CNC(c1ccc2c(c1)n(C)c(=O)n2C)C(C)(C)C. The largest absolute Gasteiger partial charge is 0.328 e. The van der Waals surface area contributed by atoms with E-state index in [1.165, 1.54) is 5.56 Å². The molecule has 1 N–H and O–H groups in total. The maximum absolute atomic E-state index is 11.9. The van der Waals surface area contributed by atoms with Gasteiger partial charge in [0.25, 0.3) is 0 Å². The Bertz CT molecular complexity index is 658. The molecule has 19 heavy (non-hydrogen) atoms. The number of hydrogen-bond donors (Lipinski definition) is 1. The van der Waals surface area contributed by atoms with Crippen molar-refractivity contribution in [3.8, 4) is 0 Å². The summed E-state index contributed by atoms with van der Waals surface area (Å²) in [5.74, 6) is 0. The summed E-state index contributed by atoms with van der Waals surface area (Å²) >= 11 is 0. The van der Waals surface area contributed by atoms with Crippen LogP contribution in [-0.2, 0) is 14.1 Å². The Labute approximate surface area is 114 Å². The van der Waals surface area contributed by atoms with Gasteiger partial charge >= 0.3 is 5.69 Å². The van der Waals surface area contributed by atoms with Crippen molar-refractivity contribution in [2.45, 2.75) is 26.8 Å². The Morgan fingerprint density at radius 1 is 1.11 bits per heavy atom. The number of aromatic nitrogens is 2. The smallest absolute Gasteiger partial charge is 0.313 e. The van der Waals surface area contributed by atoms with Gasteiger partial charge in [-0.1, -0.05) is 26.8 Å². The van der Waals surface area contributed by atoms with Crippen molar-refractivity contribution in [3.63, 3.8) is 0 Å². The molecule has 0 aliphatic heterocycles. The van der Waals surface area contributed by atoms with Crippen LogP contribution in [0.1, 0.15) is 32.4 Å². The summed E-state index contributed by atoms with van der Waals surface area (Å²) in [6.07, 6.45) is 0. The summed E-state index contributed by atoms with van der Waals surface area (Å²) in [6.45, 7) is 6.63. The Balaban J connectivity index is 2.65. The summed E-state index contributed by atoms with van der Waals surface area (Å²) in [5, 5.41) is 3.37. The molecule has 0 amide bonds. The molecule has 2 aromatic rings. The van der Waals surface area contributed by atoms with Crippen molar-refractivity contribution in [2.24, 2.45) is 19.5 Å². The molecule has 0 saturated carbocycles. The zero-order chi connectivity index (χ0) is 14.4. The highest BCUT2D eigenvalue weighted by molar-refractivity contribution is 5.77. The molecule has 4 nitrogen and oxygen atoms in total. The van der Waals surface area contributed by atoms with Crippen molar-refractivity contribution in [1.82, 2.24) is 14.5 Å². The molecule has 1 aromatic carbocycles. The average molecular weight is 261 g/mol. The lowest BCUT2D eigenvalue weighted by molar-refractivity contribution is 0.287. The molecule has 0 aliphatic rings. The number of rotatable bonds is 2. The van der Waals surface area contributed by atoms with Crippen LogP contribution in [-0.4, -0.2) is 16.2 Å². The lowest BCUT2D eigenvalue weighted by Gasteiger charge is -2.30. The maximum atomic E-state index is 11.9. The van der Waals surface area contributed by atoms with Crippen molar-refractivity contribution >= 4 is 11.0 Å². The van der Waals surface area contributed by atoms with Gasteiger partial charge in [0.15, 0.2) is 0 Å². The van der Waals surface area contributed by atoms with Crippen LogP contribution in [0.5, 0.6) is 0 Å². The van der Waals surface area contributed by atoms with Gasteiger partial charge < -0.3 is 5.32 Å². The first-order valence-electron chi connectivity index (χ1n) is 6.60. The molecule has 1 aromatic heterocycles. The lowest BCUT2D eigenvalue weighted by Crippen LogP contribution is -2.29. The molecule has 1 unspecified atom stereocenters. The van der Waals surface area contributed by atoms with Gasteiger partial charge in [0, 0.05) is 20.1 Å². The summed E-state index contributed by atoms with van der Waals surface area (Å²) < 4.78 is 3.39. The third kappa shape index (κ3) is 2.21. The van der Waals surface area contributed by atoms with Crippen molar-refractivity contribution in [1.29, 1.82) is 0 Å². The van der Waals surface area contributed by atoms with Crippen LogP contribution in [0.15, 0.2) is 23.0 Å². The molecular weight excluding hydrogens is 238 g/mol. The molecule has 1 atom stereocenters. The monoisotopic (exact) mass is 261 g/mol. The normalized spacial score (nSPS) is 14.0. The second-order valence-corrected chi connectivity index (χ2v) is 6.24. The summed E-state index contributed by atoms with van der Waals surface area (Å²) in [6, 6.07) is 6.51. The predicted octanol–water partition coefficient (Wildman–Crippen LogP) is 2.18. The molecular formula is C15H23N3O. The van der Waals surface area contributed by atoms with Gasteiger partial charge in [0.05, 0.1) is 11.0 Å². The zero-order valence-electron chi connectivity index (χ0n) is 12.6. The highest BCUT2D eigenvalue weighted by atomic mass is 16.1. The zero-order valence-corrected chi connectivity index (χ0v) is 12.6. The highest BCUT2D eigenvalue weighted by Crippen LogP contribution is 2.33. The van der Waals surface area contributed by atoms with Gasteiger partial charge in [-0.25, -0.2) is 4.79 Å². The lowest BCUT2D eigenvalue weighted by atomic mass is 9.82. The second kappa shape index (κ2) is 4.53. The van der Waals surface area contributed by atoms with Gasteiger partial charge in [0.2, 0.25) is 0 Å². The molecule has 0 radical (unpaired) electrons. The number of nitrogens with zero attached hydrogens (tertiary/aromatic N) is 2. The number of fused-ring (bicyclic) bond motifs is 1.